The summed E-state index contributed by atoms with van der Waals surface area (Å²) >= 11 is 0. The number of benzene rings is 1. The van der Waals surface area contributed by atoms with Crippen molar-refractivity contribution in [2.75, 3.05) is 7.11 Å². The molecule has 1 aromatic carbocycles. The Hall–Kier alpha value is -1.74. The highest BCUT2D eigenvalue weighted by atomic mass is 19.3. The highest BCUT2D eigenvalue weighted by Gasteiger charge is 2.39. The molecule has 0 aromatic heterocycles. The molecule has 0 atom stereocenters. The lowest BCUT2D eigenvalue weighted by Crippen LogP contribution is -2.21. The lowest BCUT2D eigenvalue weighted by atomic mass is 9.85. The third-order valence-corrected chi connectivity index (χ3v) is 3.70. The monoisotopic (exact) mass is 267 g/mol. The van der Waals surface area contributed by atoms with E-state index in [1.165, 1.54) is 13.2 Å². The molecule has 0 N–H and O–H groups in total. The third kappa shape index (κ3) is 2.38. The van der Waals surface area contributed by atoms with Crippen LogP contribution in [0, 0.1) is 0 Å². The third-order valence-electron chi connectivity index (χ3n) is 3.70. The van der Waals surface area contributed by atoms with E-state index in [-0.39, 0.29) is 11.3 Å². The van der Waals surface area contributed by atoms with Crippen molar-refractivity contribution in [3.63, 3.8) is 0 Å². The Morgan fingerprint density at radius 3 is 2.58 bits per heavy atom. The molecule has 2 rings (SSSR count). The van der Waals surface area contributed by atoms with Gasteiger partial charge in [-0.3, -0.25) is 0 Å². The van der Waals surface area contributed by atoms with Crippen molar-refractivity contribution in [1.82, 2.24) is 0 Å². The molecule has 1 aliphatic carbocycles. The lowest BCUT2D eigenvalue weighted by molar-refractivity contribution is 0.143. The van der Waals surface area contributed by atoms with Crippen molar-refractivity contribution in [2.24, 2.45) is 4.99 Å². The van der Waals surface area contributed by atoms with Crippen LogP contribution in [-0.4, -0.2) is 13.2 Å². The number of aliphatic imine (C=N–C) groups is 1. The minimum absolute atomic E-state index is 0.139. The maximum atomic E-state index is 13.3. The van der Waals surface area contributed by atoms with Crippen LogP contribution in [0.3, 0.4) is 0 Å². The van der Waals surface area contributed by atoms with E-state index in [9.17, 15) is 13.6 Å². The van der Waals surface area contributed by atoms with E-state index in [0.29, 0.717) is 18.4 Å². The van der Waals surface area contributed by atoms with E-state index in [0.717, 1.165) is 12.8 Å². The predicted octanol–water partition coefficient (Wildman–Crippen LogP) is 3.74. The fraction of sp³-hybridized carbons (Fsp3) is 0.500. The molecule has 0 radical (unpaired) electrons. The van der Waals surface area contributed by atoms with Crippen LogP contribution in [0.25, 0.3) is 0 Å². The van der Waals surface area contributed by atoms with Gasteiger partial charge in [-0.25, -0.2) is 13.6 Å². The standard InChI is InChI=1S/C14H15F2NO2/c1-19-11-6-4-5-10(12(11)13(15)16)14(17-9-18)7-2-3-8-14/h4-6,13H,2-3,7-8H2,1H3. The molecule has 0 aliphatic heterocycles. The van der Waals surface area contributed by atoms with Crippen LogP contribution in [-0.2, 0) is 10.3 Å². The van der Waals surface area contributed by atoms with Crippen LogP contribution < -0.4 is 4.74 Å². The Morgan fingerprint density at radius 2 is 2.05 bits per heavy atom. The normalized spacial score (nSPS) is 17.3. The fourth-order valence-electron chi connectivity index (χ4n) is 2.84. The molecule has 1 aromatic rings. The van der Waals surface area contributed by atoms with E-state index in [1.54, 1.807) is 18.2 Å². The zero-order valence-electron chi connectivity index (χ0n) is 10.7. The molecule has 1 fully saturated rings. The van der Waals surface area contributed by atoms with Crippen molar-refractivity contribution in [3.8, 4) is 5.75 Å². The second kappa shape index (κ2) is 5.49. The van der Waals surface area contributed by atoms with Crippen molar-refractivity contribution in [2.45, 2.75) is 37.6 Å². The van der Waals surface area contributed by atoms with Gasteiger partial charge >= 0.3 is 0 Å². The topological polar surface area (TPSA) is 38.7 Å². The van der Waals surface area contributed by atoms with Gasteiger partial charge in [0.15, 0.2) is 0 Å². The average Bonchev–Trinajstić information content (AvgIpc) is 2.87. The first-order valence-electron chi connectivity index (χ1n) is 6.19. The van der Waals surface area contributed by atoms with E-state index < -0.39 is 12.0 Å². The molecule has 1 aliphatic rings. The number of hydrogen-bond donors (Lipinski definition) is 0. The Bertz CT molecular complexity index is 504. The van der Waals surface area contributed by atoms with Gasteiger partial charge in [0.1, 0.15) is 5.75 Å². The minimum Gasteiger partial charge on any atom is -0.496 e. The highest BCUT2D eigenvalue weighted by molar-refractivity contribution is 5.47. The number of alkyl halides is 2. The molecule has 0 heterocycles. The van der Waals surface area contributed by atoms with E-state index in [4.69, 9.17) is 4.74 Å². The summed E-state index contributed by atoms with van der Waals surface area (Å²) in [4.78, 5) is 14.5. The number of isocyanates is 1. The Labute approximate surface area is 110 Å². The molecule has 1 saturated carbocycles. The average molecular weight is 267 g/mol. The number of ether oxygens (including phenoxy) is 1. The molecule has 0 amide bonds. The van der Waals surface area contributed by atoms with Crippen LogP contribution in [0.1, 0.15) is 43.2 Å². The summed E-state index contributed by atoms with van der Waals surface area (Å²) in [6.45, 7) is 0. The molecule has 3 nitrogen and oxygen atoms in total. The summed E-state index contributed by atoms with van der Waals surface area (Å²) in [5.74, 6) is 0.139. The second-order valence-corrected chi connectivity index (χ2v) is 4.66. The molecule has 0 bridgehead atoms. The molecule has 102 valence electrons. The predicted molar refractivity (Wildman–Crippen MR) is 66.2 cm³/mol. The van der Waals surface area contributed by atoms with Crippen molar-refractivity contribution >= 4 is 6.08 Å². The smallest absolute Gasteiger partial charge is 0.267 e. The zero-order chi connectivity index (χ0) is 13.9. The van der Waals surface area contributed by atoms with Gasteiger partial charge < -0.3 is 4.74 Å². The molecular formula is C14H15F2NO2. The Kier molecular flexibility index (Phi) is 3.96. The number of rotatable bonds is 4. The number of hydrogen-bond acceptors (Lipinski definition) is 3. The second-order valence-electron chi connectivity index (χ2n) is 4.66. The van der Waals surface area contributed by atoms with Crippen molar-refractivity contribution in [3.05, 3.63) is 29.3 Å². The Morgan fingerprint density at radius 1 is 1.37 bits per heavy atom. The summed E-state index contributed by atoms with van der Waals surface area (Å²) in [7, 11) is 1.36. The summed E-state index contributed by atoms with van der Waals surface area (Å²) in [6.07, 6.45) is 1.80. The summed E-state index contributed by atoms with van der Waals surface area (Å²) in [5.41, 5.74) is -0.629. The lowest BCUT2D eigenvalue weighted by Gasteiger charge is -2.26. The van der Waals surface area contributed by atoms with Gasteiger partial charge in [0.2, 0.25) is 6.08 Å². The van der Waals surface area contributed by atoms with Gasteiger partial charge in [-0.15, -0.1) is 0 Å². The van der Waals surface area contributed by atoms with E-state index >= 15 is 0 Å². The van der Waals surface area contributed by atoms with Crippen LogP contribution in [0.5, 0.6) is 5.75 Å². The van der Waals surface area contributed by atoms with Crippen LogP contribution >= 0.6 is 0 Å². The fourth-order valence-corrected chi connectivity index (χ4v) is 2.84. The molecule has 5 heteroatoms. The SMILES string of the molecule is COc1cccc(C2(N=C=O)CCCC2)c1C(F)F. The van der Waals surface area contributed by atoms with Gasteiger partial charge in [0.25, 0.3) is 6.43 Å². The van der Waals surface area contributed by atoms with Crippen LogP contribution in [0.4, 0.5) is 8.78 Å². The number of nitrogens with zero attached hydrogens (tertiary/aromatic N) is 1. The molecule has 19 heavy (non-hydrogen) atoms. The maximum absolute atomic E-state index is 13.3. The van der Waals surface area contributed by atoms with E-state index in [2.05, 4.69) is 4.99 Å². The summed E-state index contributed by atoms with van der Waals surface area (Å²) < 4.78 is 31.6. The zero-order valence-corrected chi connectivity index (χ0v) is 10.7. The van der Waals surface area contributed by atoms with E-state index in [1.807, 2.05) is 0 Å². The van der Waals surface area contributed by atoms with Crippen LogP contribution in [0.15, 0.2) is 23.2 Å². The van der Waals surface area contributed by atoms with Gasteiger partial charge in [0, 0.05) is 0 Å². The molecular weight excluding hydrogens is 252 g/mol. The van der Waals surface area contributed by atoms with Gasteiger partial charge in [-0.1, -0.05) is 25.0 Å². The first-order valence-corrected chi connectivity index (χ1v) is 6.19. The minimum atomic E-state index is -2.66. The number of methoxy groups -OCH3 is 1. The summed E-state index contributed by atoms with van der Waals surface area (Å²) in [5, 5.41) is 0. The number of halogens is 2. The molecule has 0 saturated heterocycles. The quantitative estimate of drug-likeness (QED) is 0.615. The van der Waals surface area contributed by atoms with Crippen LogP contribution in [0.2, 0.25) is 0 Å². The Balaban J connectivity index is 2.63. The summed E-state index contributed by atoms with van der Waals surface area (Å²) in [6, 6.07) is 4.76. The maximum Gasteiger partial charge on any atom is 0.267 e. The molecule has 0 spiro atoms. The highest BCUT2D eigenvalue weighted by Crippen LogP contribution is 2.47. The van der Waals surface area contributed by atoms with Gasteiger partial charge in [-0.2, -0.15) is 4.99 Å². The van der Waals surface area contributed by atoms with Crippen molar-refractivity contribution in [1.29, 1.82) is 0 Å². The first kappa shape index (κ1) is 13.7. The number of carbonyl (C=O) groups excluding carboxylic acids is 1. The largest absolute Gasteiger partial charge is 0.496 e. The van der Waals surface area contributed by atoms with Gasteiger partial charge in [0.05, 0.1) is 18.2 Å². The van der Waals surface area contributed by atoms with Gasteiger partial charge in [-0.05, 0) is 24.5 Å². The first-order chi connectivity index (χ1) is 9.14. The molecule has 0 unspecified atom stereocenters. The van der Waals surface area contributed by atoms with Crippen molar-refractivity contribution < 1.29 is 18.3 Å².